The maximum absolute atomic E-state index is 5.45. The molecule has 4 nitrogen and oxygen atoms in total. The third-order valence-corrected chi connectivity index (χ3v) is 2.11. The van der Waals surface area contributed by atoms with E-state index in [4.69, 9.17) is 9.57 Å². The van der Waals surface area contributed by atoms with Crippen molar-refractivity contribution < 1.29 is 9.57 Å². The van der Waals surface area contributed by atoms with Crippen LogP contribution in [0.25, 0.3) is 0 Å². The van der Waals surface area contributed by atoms with E-state index in [1.807, 2.05) is 20.8 Å². The Hall–Kier alpha value is -0.160. The summed E-state index contributed by atoms with van der Waals surface area (Å²) in [5, 5.41) is 0. The van der Waals surface area contributed by atoms with E-state index in [1.54, 1.807) is 0 Å². The lowest BCUT2D eigenvalue weighted by Crippen LogP contribution is -2.47. The standard InChI is InChI=1S/C10H22N2O2/c1-8-7-9(5-6-13-8)11-12-14-10(2,3)4/h8-9,11-12H,5-7H2,1-4H3/t8-,9-/m1/s1. The van der Waals surface area contributed by atoms with E-state index in [0.717, 1.165) is 19.4 Å². The molecular formula is C10H22N2O2. The van der Waals surface area contributed by atoms with E-state index in [0.29, 0.717) is 12.1 Å². The van der Waals surface area contributed by atoms with E-state index in [9.17, 15) is 0 Å². The summed E-state index contributed by atoms with van der Waals surface area (Å²) >= 11 is 0. The molecule has 1 aliphatic rings. The quantitative estimate of drug-likeness (QED) is 0.678. The topological polar surface area (TPSA) is 42.5 Å². The summed E-state index contributed by atoms with van der Waals surface area (Å²) in [5.41, 5.74) is 5.80. The van der Waals surface area contributed by atoms with Crippen molar-refractivity contribution >= 4 is 0 Å². The van der Waals surface area contributed by atoms with Crippen molar-refractivity contribution in [3.8, 4) is 0 Å². The molecule has 1 heterocycles. The molecule has 1 rings (SSSR count). The average Bonchev–Trinajstić information content (AvgIpc) is 2.01. The van der Waals surface area contributed by atoms with Gasteiger partial charge in [-0.05, 0) is 40.5 Å². The van der Waals surface area contributed by atoms with Gasteiger partial charge < -0.3 is 4.74 Å². The van der Waals surface area contributed by atoms with E-state index in [1.165, 1.54) is 0 Å². The zero-order valence-electron chi connectivity index (χ0n) is 9.59. The Morgan fingerprint density at radius 3 is 2.64 bits per heavy atom. The zero-order chi connectivity index (χ0) is 10.6. The van der Waals surface area contributed by atoms with Crippen LogP contribution in [0.3, 0.4) is 0 Å². The van der Waals surface area contributed by atoms with Gasteiger partial charge in [0, 0.05) is 12.6 Å². The van der Waals surface area contributed by atoms with Crippen molar-refractivity contribution in [2.24, 2.45) is 0 Å². The fourth-order valence-electron chi connectivity index (χ4n) is 1.40. The fraction of sp³-hybridized carbons (Fsp3) is 1.00. The molecule has 0 aliphatic carbocycles. The second-order valence-electron chi connectivity index (χ2n) is 4.86. The molecule has 4 heteroatoms. The lowest BCUT2D eigenvalue weighted by atomic mass is 10.1. The molecule has 0 aromatic heterocycles. The molecule has 0 amide bonds. The number of hydrogen-bond donors (Lipinski definition) is 2. The molecule has 2 N–H and O–H groups in total. The summed E-state index contributed by atoms with van der Waals surface area (Å²) in [6, 6.07) is 0.445. The first-order valence-electron chi connectivity index (χ1n) is 5.27. The fourth-order valence-corrected chi connectivity index (χ4v) is 1.40. The second kappa shape index (κ2) is 5.07. The van der Waals surface area contributed by atoms with Gasteiger partial charge in [-0.1, -0.05) is 0 Å². The van der Waals surface area contributed by atoms with Gasteiger partial charge in [0.2, 0.25) is 0 Å². The molecule has 14 heavy (non-hydrogen) atoms. The predicted molar refractivity (Wildman–Crippen MR) is 55.5 cm³/mol. The molecule has 0 bridgehead atoms. The van der Waals surface area contributed by atoms with E-state index < -0.39 is 0 Å². The van der Waals surface area contributed by atoms with Crippen molar-refractivity contribution in [3.63, 3.8) is 0 Å². The van der Waals surface area contributed by atoms with Gasteiger partial charge in [-0.3, -0.25) is 4.84 Å². The van der Waals surface area contributed by atoms with Gasteiger partial charge in [0.05, 0.1) is 11.7 Å². The SMILES string of the molecule is C[C@@H]1C[C@H](NNOC(C)(C)C)CCO1. The van der Waals surface area contributed by atoms with Gasteiger partial charge in [-0.2, -0.15) is 0 Å². The molecule has 0 radical (unpaired) electrons. The van der Waals surface area contributed by atoms with Crippen LogP contribution in [0.1, 0.15) is 40.5 Å². The van der Waals surface area contributed by atoms with Crippen molar-refractivity contribution in [2.75, 3.05) is 6.61 Å². The Bertz CT molecular complexity index is 168. The molecule has 0 saturated carbocycles. The summed E-state index contributed by atoms with van der Waals surface area (Å²) in [7, 11) is 0. The molecule has 84 valence electrons. The van der Waals surface area contributed by atoms with Gasteiger partial charge in [-0.15, -0.1) is 5.59 Å². The van der Waals surface area contributed by atoms with Crippen LogP contribution in [0.15, 0.2) is 0 Å². The average molecular weight is 202 g/mol. The highest BCUT2D eigenvalue weighted by atomic mass is 16.7. The van der Waals surface area contributed by atoms with Gasteiger partial charge in [0.1, 0.15) is 0 Å². The summed E-state index contributed by atoms with van der Waals surface area (Å²) in [5.74, 6) is 0. The maximum Gasteiger partial charge on any atom is 0.0829 e. The minimum Gasteiger partial charge on any atom is -0.378 e. The third-order valence-electron chi connectivity index (χ3n) is 2.11. The Labute approximate surface area is 86.3 Å². The van der Waals surface area contributed by atoms with Crippen molar-refractivity contribution in [3.05, 3.63) is 0 Å². The molecule has 1 fully saturated rings. The van der Waals surface area contributed by atoms with E-state index in [-0.39, 0.29) is 5.60 Å². The summed E-state index contributed by atoms with van der Waals surface area (Å²) in [6.07, 6.45) is 2.41. The van der Waals surface area contributed by atoms with Crippen molar-refractivity contribution in [2.45, 2.75) is 58.3 Å². The highest BCUT2D eigenvalue weighted by Gasteiger charge is 2.19. The van der Waals surface area contributed by atoms with Crippen LogP contribution in [0.2, 0.25) is 0 Å². The molecule has 2 atom stereocenters. The first kappa shape index (κ1) is 11.9. The largest absolute Gasteiger partial charge is 0.378 e. The molecule has 1 aliphatic heterocycles. The minimum absolute atomic E-state index is 0.163. The van der Waals surface area contributed by atoms with Gasteiger partial charge in [-0.25, -0.2) is 5.43 Å². The normalized spacial score (nSPS) is 29.1. The molecule has 0 aromatic carbocycles. The lowest BCUT2D eigenvalue weighted by Gasteiger charge is -2.29. The predicted octanol–water partition coefficient (Wildman–Crippen LogP) is 1.38. The van der Waals surface area contributed by atoms with Crippen molar-refractivity contribution in [1.82, 2.24) is 11.0 Å². The molecule has 0 unspecified atom stereocenters. The lowest BCUT2D eigenvalue weighted by molar-refractivity contribution is -0.105. The van der Waals surface area contributed by atoms with Crippen LogP contribution in [-0.4, -0.2) is 24.4 Å². The first-order valence-corrected chi connectivity index (χ1v) is 5.27. The monoisotopic (exact) mass is 202 g/mol. The van der Waals surface area contributed by atoms with Crippen LogP contribution < -0.4 is 11.0 Å². The summed E-state index contributed by atoms with van der Waals surface area (Å²) < 4.78 is 5.45. The number of hydrogen-bond acceptors (Lipinski definition) is 4. The van der Waals surface area contributed by atoms with Gasteiger partial charge in [0.25, 0.3) is 0 Å². The molecular weight excluding hydrogens is 180 g/mol. The van der Waals surface area contributed by atoms with Crippen LogP contribution in [0, 0.1) is 0 Å². The first-order chi connectivity index (χ1) is 6.47. The Morgan fingerprint density at radius 1 is 1.36 bits per heavy atom. The highest BCUT2D eigenvalue weighted by molar-refractivity contribution is 4.72. The number of hydrazine groups is 1. The van der Waals surface area contributed by atoms with Crippen LogP contribution in [0.5, 0.6) is 0 Å². The van der Waals surface area contributed by atoms with Crippen LogP contribution >= 0.6 is 0 Å². The smallest absolute Gasteiger partial charge is 0.0829 e. The Kier molecular flexibility index (Phi) is 4.31. The molecule has 0 spiro atoms. The summed E-state index contributed by atoms with van der Waals surface area (Å²) in [4.78, 5) is 5.37. The maximum atomic E-state index is 5.45. The highest BCUT2D eigenvalue weighted by Crippen LogP contribution is 2.12. The van der Waals surface area contributed by atoms with E-state index in [2.05, 4.69) is 17.9 Å². The van der Waals surface area contributed by atoms with Crippen LogP contribution in [0.4, 0.5) is 0 Å². The van der Waals surface area contributed by atoms with E-state index >= 15 is 0 Å². The summed E-state index contributed by atoms with van der Waals surface area (Å²) in [6.45, 7) is 8.95. The third kappa shape index (κ3) is 4.91. The number of rotatable bonds is 3. The number of nitrogens with one attached hydrogen (secondary N) is 2. The van der Waals surface area contributed by atoms with Crippen molar-refractivity contribution in [1.29, 1.82) is 0 Å². The second-order valence-corrected chi connectivity index (χ2v) is 4.86. The zero-order valence-corrected chi connectivity index (χ0v) is 9.59. The molecule has 1 saturated heterocycles. The molecule has 0 aromatic rings. The van der Waals surface area contributed by atoms with Gasteiger partial charge >= 0.3 is 0 Å². The van der Waals surface area contributed by atoms with Crippen LogP contribution in [-0.2, 0) is 9.57 Å². The minimum atomic E-state index is -0.163. The van der Waals surface area contributed by atoms with Gasteiger partial charge in [0.15, 0.2) is 0 Å². The number of ether oxygens (including phenoxy) is 1. The Balaban J connectivity index is 2.12. The Morgan fingerprint density at radius 2 is 2.07 bits per heavy atom.